The van der Waals surface area contributed by atoms with Gasteiger partial charge in [0.25, 0.3) is 0 Å². The largest absolute Gasteiger partial charge is 0.755 e. The van der Waals surface area contributed by atoms with Gasteiger partial charge in [0, 0.05) is 37.8 Å². The van der Waals surface area contributed by atoms with Crippen LogP contribution >= 0.6 is 27.3 Å². The molecule has 25 heavy (non-hydrogen) atoms. The topological polar surface area (TPSA) is 43.4 Å². The van der Waals surface area contributed by atoms with Crippen LogP contribution in [0.2, 0.25) is 0 Å². The maximum Gasteiger partial charge on any atom is 0.112 e. The molecule has 0 aliphatic rings. The molecule has 0 aliphatic heterocycles. The Labute approximate surface area is 163 Å². The highest BCUT2D eigenvalue weighted by Gasteiger charge is 2.28. The number of thiophene rings is 1. The van der Waals surface area contributed by atoms with Gasteiger partial charge in [-0.25, -0.2) is 0 Å². The Morgan fingerprint density at radius 1 is 1.12 bits per heavy atom. The second kappa shape index (κ2) is 7.19. The van der Waals surface area contributed by atoms with Crippen LogP contribution in [0.25, 0.3) is 21.2 Å². The molecule has 0 amide bonds. The molecule has 6 heteroatoms. The molecule has 1 unspecified atom stereocenters. The van der Waals surface area contributed by atoms with Crippen LogP contribution in [0.4, 0.5) is 5.00 Å². The van der Waals surface area contributed by atoms with Crippen molar-refractivity contribution < 1.29 is 8.76 Å². The smallest absolute Gasteiger partial charge is 0.112 e. The highest BCUT2D eigenvalue weighted by molar-refractivity contribution is 9.08. The SMILES string of the molecule is CC(C)(C)N(c1sc2ccccc2c1-c1ccc(CBr)cc1)S(=O)[O-]. The summed E-state index contributed by atoms with van der Waals surface area (Å²) in [6, 6.07) is 16.3. The lowest BCUT2D eigenvalue weighted by atomic mass is 10.0. The van der Waals surface area contributed by atoms with Crippen LogP contribution in [0, 0.1) is 0 Å². The van der Waals surface area contributed by atoms with E-state index in [-0.39, 0.29) is 0 Å². The van der Waals surface area contributed by atoms with Gasteiger partial charge >= 0.3 is 0 Å². The molecular weight excluding hydrogens is 418 g/mol. The first-order valence-corrected chi connectivity index (χ1v) is 10.9. The molecule has 2 aromatic carbocycles. The molecule has 0 aliphatic carbocycles. The first-order valence-electron chi connectivity index (χ1n) is 7.89. The van der Waals surface area contributed by atoms with Crippen LogP contribution in [-0.4, -0.2) is 14.3 Å². The van der Waals surface area contributed by atoms with Crippen molar-refractivity contribution in [3.8, 4) is 11.1 Å². The number of rotatable bonds is 4. The van der Waals surface area contributed by atoms with E-state index in [0.717, 1.165) is 31.5 Å². The van der Waals surface area contributed by atoms with Crippen molar-refractivity contribution >= 4 is 53.6 Å². The average Bonchev–Trinajstić information content (AvgIpc) is 2.91. The second-order valence-electron chi connectivity index (χ2n) is 6.79. The van der Waals surface area contributed by atoms with Crippen molar-refractivity contribution in [2.45, 2.75) is 31.6 Å². The van der Waals surface area contributed by atoms with Crippen LogP contribution in [0.1, 0.15) is 26.3 Å². The van der Waals surface area contributed by atoms with Crippen molar-refractivity contribution in [2.24, 2.45) is 0 Å². The fourth-order valence-electron chi connectivity index (χ4n) is 2.81. The Kier molecular flexibility index (Phi) is 5.34. The number of benzene rings is 2. The van der Waals surface area contributed by atoms with Gasteiger partial charge in [0.1, 0.15) is 5.00 Å². The zero-order valence-electron chi connectivity index (χ0n) is 14.3. The maximum absolute atomic E-state index is 12.0. The van der Waals surface area contributed by atoms with E-state index < -0.39 is 16.8 Å². The van der Waals surface area contributed by atoms with Crippen molar-refractivity contribution in [2.75, 3.05) is 4.31 Å². The van der Waals surface area contributed by atoms with Gasteiger partial charge in [0.05, 0.1) is 0 Å². The van der Waals surface area contributed by atoms with E-state index >= 15 is 0 Å². The van der Waals surface area contributed by atoms with E-state index in [4.69, 9.17) is 0 Å². The highest BCUT2D eigenvalue weighted by Crippen LogP contribution is 2.47. The molecule has 3 nitrogen and oxygen atoms in total. The molecule has 132 valence electrons. The van der Waals surface area contributed by atoms with Crippen molar-refractivity contribution in [1.82, 2.24) is 0 Å². The standard InChI is InChI=1S/C19H20BrNO2S2/c1-19(2,3)21(25(22)23)18-17(14-10-8-13(12-20)9-11-14)15-6-4-5-7-16(15)24-18/h4-11H,12H2,1-3H3,(H,22,23)/p-1. The van der Waals surface area contributed by atoms with Crippen LogP contribution in [0.5, 0.6) is 0 Å². The third-order valence-electron chi connectivity index (χ3n) is 3.92. The summed E-state index contributed by atoms with van der Waals surface area (Å²) in [4.78, 5) is 0. The molecule has 1 aromatic heterocycles. The minimum absolute atomic E-state index is 0.544. The number of fused-ring (bicyclic) bond motifs is 1. The zero-order valence-corrected chi connectivity index (χ0v) is 17.5. The summed E-state index contributed by atoms with van der Waals surface area (Å²) in [5, 5.41) is 2.63. The fraction of sp³-hybridized carbons (Fsp3) is 0.263. The molecule has 3 rings (SSSR count). The van der Waals surface area contributed by atoms with E-state index in [1.54, 1.807) is 0 Å². The normalized spacial score (nSPS) is 13.2. The third kappa shape index (κ3) is 3.67. The lowest BCUT2D eigenvalue weighted by molar-refractivity contribution is 0.499. The number of halogens is 1. The van der Waals surface area contributed by atoms with Gasteiger partial charge in [-0.1, -0.05) is 58.4 Å². The molecule has 0 N–H and O–H groups in total. The van der Waals surface area contributed by atoms with Gasteiger partial charge < -0.3 is 4.55 Å². The fourth-order valence-corrected chi connectivity index (χ4v) is 5.47. The molecule has 1 heterocycles. The van der Waals surface area contributed by atoms with Gasteiger partial charge in [-0.2, -0.15) is 0 Å². The van der Waals surface area contributed by atoms with Crippen molar-refractivity contribution in [1.29, 1.82) is 0 Å². The number of hydrogen-bond donors (Lipinski definition) is 0. The second-order valence-corrected chi connectivity index (χ2v) is 9.18. The summed E-state index contributed by atoms with van der Waals surface area (Å²) in [7, 11) is 0. The minimum Gasteiger partial charge on any atom is -0.755 e. The molecular formula is C19H19BrNO2S2-. The summed E-state index contributed by atoms with van der Waals surface area (Å²) in [6.45, 7) is 5.72. The molecule has 0 saturated heterocycles. The summed E-state index contributed by atoms with van der Waals surface area (Å²) in [6.07, 6.45) is 0. The maximum atomic E-state index is 12.0. The Morgan fingerprint density at radius 3 is 2.32 bits per heavy atom. The monoisotopic (exact) mass is 436 g/mol. The Hall–Kier alpha value is -1.21. The summed E-state index contributed by atoms with van der Waals surface area (Å²) in [5.74, 6) is 0. The summed E-state index contributed by atoms with van der Waals surface area (Å²) >= 11 is 2.63. The van der Waals surface area contributed by atoms with E-state index in [9.17, 15) is 8.76 Å². The van der Waals surface area contributed by atoms with Gasteiger partial charge in [-0.3, -0.25) is 8.51 Å². The quantitative estimate of drug-likeness (QED) is 0.379. The van der Waals surface area contributed by atoms with Crippen LogP contribution in [0.15, 0.2) is 48.5 Å². The molecule has 0 fully saturated rings. The lowest BCUT2D eigenvalue weighted by Crippen LogP contribution is -2.42. The Bertz CT molecular complexity index is 913. The van der Waals surface area contributed by atoms with Crippen LogP contribution in [0.3, 0.4) is 0 Å². The van der Waals surface area contributed by atoms with E-state index in [1.165, 1.54) is 21.2 Å². The van der Waals surface area contributed by atoms with E-state index in [0.29, 0.717) is 0 Å². The number of nitrogens with zero attached hydrogens (tertiary/aromatic N) is 1. The predicted octanol–water partition coefficient (Wildman–Crippen LogP) is 5.86. The van der Waals surface area contributed by atoms with Crippen LogP contribution < -0.4 is 4.31 Å². The minimum atomic E-state index is -2.35. The molecule has 0 spiro atoms. The summed E-state index contributed by atoms with van der Waals surface area (Å²) in [5.41, 5.74) is 2.64. The van der Waals surface area contributed by atoms with Gasteiger partial charge in [-0.05, 0) is 38.0 Å². The number of alkyl halides is 1. The van der Waals surface area contributed by atoms with Gasteiger partial charge in [0.15, 0.2) is 0 Å². The molecule has 0 radical (unpaired) electrons. The molecule has 0 bridgehead atoms. The molecule has 3 aromatic rings. The number of anilines is 1. The van der Waals surface area contributed by atoms with Gasteiger partial charge in [-0.15, -0.1) is 11.3 Å². The Balaban J connectivity index is 2.29. The summed E-state index contributed by atoms with van der Waals surface area (Å²) < 4.78 is 26.6. The van der Waals surface area contributed by atoms with E-state index in [1.807, 2.05) is 39.0 Å². The number of hydrogen-bond acceptors (Lipinski definition) is 3. The predicted molar refractivity (Wildman–Crippen MR) is 111 cm³/mol. The van der Waals surface area contributed by atoms with Crippen molar-refractivity contribution in [3.63, 3.8) is 0 Å². The van der Waals surface area contributed by atoms with Crippen LogP contribution in [-0.2, 0) is 16.6 Å². The first-order chi connectivity index (χ1) is 11.8. The average molecular weight is 437 g/mol. The van der Waals surface area contributed by atoms with E-state index in [2.05, 4.69) is 46.3 Å². The lowest BCUT2D eigenvalue weighted by Gasteiger charge is -2.38. The molecule has 1 atom stereocenters. The highest BCUT2D eigenvalue weighted by atomic mass is 79.9. The first kappa shape index (κ1) is 18.6. The Morgan fingerprint density at radius 2 is 1.76 bits per heavy atom. The molecule has 0 saturated carbocycles. The third-order valence-corrected chi connectivity index (χ3v) is 6.86. The van der Waals surface area contributed by atoms with Crippen molar-refractivity contribution in [3.05, 3.63) is 54.1 Å². The van der Waals surface area contributed by atoms with Gasteiger partial charge in [0.2, 0.25) is 0 Å². The zero-order chi connectivity index (χ0) is 18.2.